The van der Waals surface area contributed by atoms with Crippen molar-refractivity contribution in [3.05, 3.63) is 57.4 Å². The SMILES string of the molecule is Cc1c(C(=O)N2CCOCC2)[nH]c2c1C(=O)C[C@@H](c1ccc(Cl)cc1)C2. The van der Waals surface area contributed by atoms with Gasteiger partial charge in [-0.2, -0.15) is 0 Å². The number of ketones is 1. The zero-order valence-electron chi connectivity index (χ0n) is 14.7. The number of amides is 1. The maximum Gasteiger partial charge on any atom is 0.270 e. The fourth-order valence-corrected chi connectivity index (χ4v) is 4.07. The van der Waals surface area contributed by atoms with Gasteiger partial charge < -0.3 is 14.6 Å². The molecule has 1 atom stereocenters. The number of benzene rings is 1. The number of hydrogen-bond acceptors (Lipinski definition) is 3. The van der Waals surface area contributed by atoms with Gasteiger partial charge in [0, 0.05) is 35.8 Å². The van der Waals surface area contributed by atoms with Crippen LogP contribution in [0, 0.1) is 6.92 Å². The van der Waals surface area contributed by atoms with E-state index < -0.39 is 0 Å². The molecule has 1 aliphatic heterocycles. The first-order valence-corrected chi connectivity index (χ1v) is 9.29. The van der Waals surface area contributed by atoms with Gasteiger partial charge in [-0.3, -0.25) is 9.59 Å². The van der Waals surface area contributed by atoms with Gasteiger partial charge in [0.1, 0.15) is 5.69 Å². The predicted molar refractivity (Wildman–Crippen MR) is 99.1 cm³/mol. The zero-order valence-corrected chi connectivity index (χ0v) is 15.4. The molecule has 1 aliphatic carbocycles. The Morgan fingerprint density at radius 1 is 1.19 bits per heavy atom. The van der Waals surface area contributed by atoms with Crippen molar-refractivity contribution in [2.45, 2.75) is 25.7 Å². The second kappa shape index (κ2) is 6.89. The molecule has 2 heterocycles. The van der Waals surface area contributed by atoms with Gasteiger partial charge >= 0.3 is 0 Å². The summed E-state index contributed by atoms with van der Waals surface area (Å²) in [4.78, 5) is 30.7. The van der Waals surface area contributed by atoms with E-state index in [9.17, 15) is 9.59 Å². The number of ether oxygens (including phenoxy) is 1. The molecule has 2 aromatic rings. The van der Waals surface area contributed by atoms with E-state index in [0.717, 1.165) is 23.2 Å². The average Bonchev–Trinajstić information content (AvgIpc) is 2.99. The summed E-state index contributed by atoms with van der Waals surface area (Å²) in [6.07, 6.45) is 1.18. The van der Waals surface area contributed by atoms with E-state index in [1.165, 1.54) is 0 Å². The molecule has 0 saturated carbocycles. The monoisotopic (exact) mass is 372 g/mol. The fourth-order valence-electron chi connectivity index (χ4n) is 3.94. The number of fused-ring (bicyclic) bond motifs is 1. The van der Waals surface area contributed by atoms with Crippen molar-refractivity contribution in [1.29, 1.82) is 0 Å². The number of aromatic nitrogens is 1. The van der Waals surface area contributed by atoms with Crippen LogP contribution >= 0.6 is 11.6 Å². The van der Waals surface area contributed by atoms with Gasteiger partial charge in [-0.1, -0.05) is 23.7 Å². The minimum Gasteiger partial charge on any atom is -0.378 e. The first-order valence-electron chi connectivity index (χ1n) is 8.91. The van der Waals surface area contributed by atoms with E-state index in [1.807, 2.05) is 31.2 Å². The quantitative estimate of drug-likeness (QED) is 0.879. The van der Waals surface area contributed by atoms with Crippen LogP contribution in [0.1, 0.15) is 50.0 Å². The number of nitrogens with zero attached hydrogens (tertiary/aromatic N) is 1. The summed E-state index contributed by atoms with van der Waals surface area (Å²) in [7, 11) is 0. The number of aromatic amines is 1. The Balaban J connectivity index is 1.63. The smallest absolute Gasteiger partial charge is 0.270 e. The zero-order chi connectivity index (χ0) is 18.3. The molecule has 136 valence electrons. The molecule has 1 N–H and O–H groups in total. The number of H-pyrrole nitrogens is 1. The summed E-state index contributed by atoms with van der Waals surface area (Å²) < 4.78 is 5.32. The van der Waals surface area contributed by atoms with Crippen LogP contribution in [0.15, 0.2) is 24.3 Å². The van der Waals surface area contributed by atoms with Crippen LogP contribution in [0.2, 0.25) is 5.02 Å². The lowest BCUT2D eigenvalue weighted by molar-refractivity contribution is 0.0299. The van der Waals surface area contributed by atoms with Crippen LogP contribution in [0.5, 0.6) is 0 Å². The highest BCUT2D eigenvalue weighted by atomic mass is 35.5. The molecular weight excluding hydrogens is 352 g/mol. The molecule has 1 aromatic carbocycles. The molecule has 6 heteroatoms. The minimum atomic E-state index is -0.0453. The van der Waals surface area contributed by atoms with Gasteiger partial charge in [-0.15, -0.1) is 0 Å². The third-order valence-corrected chi connectivity index (χ3v) is 5.59. The minimum absolute atomic E-state index is 0.0453. The van der Waals surface area contributed by atoms with Gasteiger partial charge in [0.05, 0.1) is 13.2 Å². The lowest BCUT2D eigenvalue weighted by Crippen LogP contribution is -2.41. The van der Waals surface area contributed by atoms with E-state index in [0.29, 0.717) is 49.0 Å². The van der Waals surface area contributed by atoms with E-state index in [-0.39, 0.29) is 17.6 Å². The molecule has 0 spiro atoms. The van der Waals surface area contributed by atoms with Crippen LogP contribution < -0.4 is 0 Å². The van der Waals surface area contributed by atoms with Crippen molar-refractivity contribution in [2.24, 2.45) is 0 Å². The molecule has 0 unspecified atom stereocenters. The second-order valence-electron chi connectivity index (χ2n) is 6.96. The van der Waals surface area contributed by atoms with Gasteiger partial charge in [0.15, 0.2) is 5.78 Å². The lowest BCUT2D eigenvalue weighted by Gasteiger charge is -2.26. The first-order chi connectivity index (χ1) is 12.5. The third-order valence-electron chi connectivity index (χ3n) is 5.34. The van der Waals surface area contributed by atoms with E-state index in [2.05, 4.69) is 4.98 Å². The molecule has 1 fully saturated rings. The molecular formula is C20H21ClN2O3. The Morgan fingerprint density at radius 3 is 2.58 bits per heavy atom. The third kappa shape index (κ3) is 3.06. The maximum atomic E-state index is 12.8. The van der Waals surface area contributed by atoms with Crippen molar-refractivity contribution in [3.63, 3.8) is 0 Å². The van der Waals surface area contributed by atoms with Gasteiger partial charge in [-0.25, -0.2) is 0 Å². The van der Waals surface area contributed by atoms with Crippen molar-refractivity contribution >= 4 is 23.3 Å². The normalized spacial score (nSPS) is 20.2. The largest absolute Gasteiger partial charge is 0.378 e. The number of hydrogen-bond donors (Lipinski definition) is 1. The molecule has 26 heavy (non-hydrogen) atoms. The number of halogens is 1. The second-order valence-corrected chi connectivity index (χ2v) is 7.40. The van der Waals surface area contributed by atoms with Crippen LogP contribution in [-0.4, -0.2) is 47.9 Å². The Kier molecular flexibility index (Phi) is 4.59. The molecule has 4 rings (SSSR count). The topological polar surface area (TPSA) is 62.4 Å². The highest BCUT2D eigenvalue weighted by Crippen LogP contribution is 2.35. The summed E-state index contributed by atoms with van der Waals surface area (Å²) in [5.41, 5.74) is 3.99. The van der Waals surface area contributed by atoms with Crippen LogP contribution in [0.4, 0.5) is 0 Å². The van der Waals surface area contributed by atoms with E-state index in [1.54, 1.807) is 4.90 Å². The number of morpholine rings is 1. The summed E-state index contributed by atoms with van der Waals surface area (Å²) >= 11 is 5.97. The maximum absolute atomic E-state index is 12.8. The summed E-state index contributed by atoms with van der Waals surface area (Å²) in [6.45, 7) is 4.15. The van der Waals surface area contributed by atoms with Gasteiger partial charge in [0.25, 0.3) is 5.91 Å². The highest BCUT2D eigenvalue weighted by molar-refractivity contribution is 6.30. The molecule has 1 saturated heterocycles. The molecule has 1 amide bonds. The Morgan fingerprint density at radius 2 is 1.88 bits per heavy atom. The van der Waals surface area contributed by atoms with Crippen molar-refractivity contribution in [3.8, 4) is 0 Å². The van der Waals surface area contributed by atoms with Crippen LogP contribution in [0.25, 0.3) is 0 Å². The fraction of sp³-hybridized carbons (Fsp3) is 0.400. The number of carbonyl (C=O) groups is 2. The molecule has 1 aromatic heterocycles. The number of Topliss-reactive ketones (excluding diaryl/α,β-unsaturated/α-hetero) is 1. The Hall–Kier alpha value is -2.11. The van der Waals surface area contributed by atoms with E-state index >= 15 is 0 Å². The Bertz CT molecular complexity index is 851. The number of nitrogens with one attached hydrogen (secondary N) is 1. The van der Waals surface area contributed by atoms with Crippen molar-refractivity contribution in [2.75, 3.05) is 26.3 Å². The average molecular weight is 373 g/mol. The summed E-state index contributed by atoms with van der Waals surface area (Å²) in [5, 5.41) is 0.686. The number of carbonyl (C=O) groups excluding carboxylic acids is 2. The highest BCUT2D eigenvalue weighted by Gasteiger charge is 2.33. The molecule has 5 nitrogen and oxygen atoms in total. The standard InChI is InChI=1S/C20H21ClN2O3/c1-12-18-16(22-19(12)20(25)23-6-8-26-9-7-23)10-14(11-17(18)24)13-2-4-15(21)5-3-13/h2-5,14,22H,6-11H2,1H3/t14-/m0/s1. The molecule has 0 radical (unpaired) electrons. The first kappa shape index (κ1) is 17.3. The number of rotatable bonds is 2. The van der Waals surface area contributed by atoms with Crippen LogP contribution in [0.3, 0.4) is 0 Å². The summed E-state index contributed by atoms with van der Waals surface area (Å²) in [5.74, 6) is 0.161. The lowest BCUT2D eigenvalue weighted by atomic mass is 9.81. The van der Waals surface area contributed by atoms with Crippen molar-refractivity contribution in [1.82, 2.24) is 9.88 Å². The van der Waals surface area contributed by atoms with Crippen molar-refractivity contribution < 1.29 is 14.3 Å². The molecule has 0 bridgehead atoms. The van der Waals surface area contributed by atoms with Crippen LogP contribution in [-0.2, 0) is 11.2 Å². The predicted octanol–water partition coefficient (Wildman–Crippen LogP) is 3.36. The van der Waals surface area contributed by atoms with Gasteiger partial charge in [0.2, 0.25) is 0 Å². The Labute approximate surface area is 157 Å². The summed E-state index contributed by atoms with van der Waals surface area (Å²) in [6, 6.07) is 7.65. The van der Waals surface area contributed by atoms with Gasteiger partial charge in [-0.05, 0) is 42.5 Å². The molecule has 2 aliphatic rings. The van der Waals surface area contributed by atoms with E-state index in [4.69, 9.17) is 16.3 Å².